The van der Waals surface area contributed by atoms with E-state index in [0.29, 0.717) is 13.2 Å². The smallest absolute Gasteiger partial charge is 0.410 e. The van der Waals surface area contributed by atoms with E-state index in [4.69, 9.17) is 4.74 Å². The molecule has 2 fully saturated rings. The Kier molecular flexibility index (Phi) is 2.77. The van der Waals surface area contributed by atoms with Crippen LogP contribution in [0.15, 0.2) is 23.7 Å². The normalized spacial score (nSPS) is 22.8. The number of fused-ring (bicyclic) bond motifs is 2. The minimum Gasteiger partial charge on any atom is -0.449 e. The number of piperazine rings is 1. The van der Waals surface area contributed by atoms with Crippen molar-refractivity contribution in [3.05, 3.63) is 23.7 Å². The standard InChI is InChI=1S/C14H15N3O2S/c18-14-17-6-5-16(9-10(17)2-7-19-14)13-11-3-8-20-12(11)1-4-15-13/h1,3-4,8,10H,2,5-7,9H2. The highest BCUT2D eigenvalue weighted by molar-refractivity contribution is 7.17. The summed E-state index contributed by atoms with van der Waals surface area (Å²) < 4.78 is 6.36. The molecule has 2 aromatic rings. The molecule has 0 bridgehead atoms. The molecule has 2 aliphatic heterocycles. The second-order valence-electron chi connectivity index (χ2n) is 5.16. The highest BCUT2D eigenvalue weighted by Crippen LogP contribution is 2.30. The predicted octanol–water partition coefficient (Wildman–Crippen LogP) is 2.33. The van der Waals surface area contributed by atoms with Crippen LogP contribution in [-0.2, 0) is 4.74 Å². The van der Waals surface area contributed by atoms with Gasteiger partial charge in [0.2, 0.25) is 0 Å². The summed E-state index contributed by atoms with van der Waals surface area (Å²) in [4.78, 5) is 20.4. The van der Waals surface area contributed by atoms with Gasteiger partial charge in [-0.2, -0.15) is 0 Å². The van der Waals surface area contributed by atoms with Crippen LogP contribution in [0.5, 0.6) is 0 Å². The van der Waals surface area contributed by atoms with Crippen molar-refractivity contribution >= 4 is 33.3 Å². The van der Waals surface area contributed by atoms with Gasteiger partial charge in [-0.15, -0.1) is 11.3 Å². The molecular weight excluding hydrogens is 274 g/mol. The van der Waals surface area contributed by atoms with Crippen molar-refractivity contribution in [3.8, 4) is 0 Å². The van der Waals surface area contributed by atoms with Crippen LogP contribution in [0, 0.1) is 0 Å². The van der Waals surface area contributed by atoms with Gasteiger partial charge in [-0.05, 0) is 17.5 Å². The van der Waals surface area contributed by atoms with Crippen molar-refractivity contribution in [3.63, 3.8) is 0 Å². The van der Waals surface area contributed by atoms with E-state index in [0.717, 1.165) is 25.3 Å². The third-order valence-electron chi connectivity index (χ3n) is 4.05. The van der Waals surface area contributed by atoms with Crippen molar-refractivity contribution < 1.29 is 9.53 Å². The zero-order valence-corrected chi connectivity index (χ0v) is 11.8. The zero-order chi connectivity index (χ0) is 13.5. The zero-order valence-electron chi connectivity index (χ0n) is 11.0. The molecule has 20 heavy (non-hydrogen) atoms. The van der Waals surface area contributed by atoms with Crippen molar-refractivity contribution in [2.75, 3.05) is 31.1 Å². The Balaban J connectivity index is 1.64. The molecule has 2 saturated heterocycles. The lowest BCUT2D eigenvalue weighted by Crippen LogP contribution is -2.58. The second-order valence-corrected chi connectivity index (χ2v) is 6.11. The fourth-order valence-corrected chi connectivity index (χ4v) is 3.81. The fraction of sp³-hybridized carbons (Fsp3) is 0.429. The maximum absolute atomic E-state index is 11.7. The molecule has 0 saturated carbocycles. The Hall–Kier alpha value is -1.82. The van der Waals surface area contributed by atoms with Crippen molar-refractivity contribution in [1.82, 2.24) is 9.88 Å². The molecule has 2 aromatic heterocycles. The third-order valence-corrected chi connectivity index (χ3v) is 4.93. The molecule has 4 rings (SSSR count). The minimum absolute atomic E-state index is 0.164. The Labute approximate surface area is 120 Å². The number of ether oxygens (including phenoxy) is 1. The Bertz CT molecular complexity index is 657. The highest BCUT2D eigenvalue weighted by Gasteiger charge is 2.35. The molecule has 1 amide bonds. The van der Waals surface area contributed by atoms with Crippen molar-refractivity contribution in [2.45, 2.75) is 12.5 Å². The number of hydrogen-bond donors (Lipinski definition) is 0. The lowest BCUT2D eigenvalue weighted by Gasteiger charge is -2.43. The molecule has 5 nitrogen and oxygen atoms in total. The topological polar surface area (TPSA) is 45.7 Å². The number of thiophene rings is 1. The molecule has 2 aliphatic rings. The van der Waals surface area contributed by atoms with Crippen LogP contribution in [0.3, 0.4) is 0 Å². The van der Waals surface area contributed by atoms with Gasteiger partial charge in [0.15, 0.2) is 0 Å². The average Bonchev–Trinajstić information content (AvgIpc) is 2.95. The molecular formula is C14H15N3O2S. The van der Waals surface area contributed by atoms with E-state index in [1.54, 1.807) is 11.3 Å². The number of rotatable bonds is 1. The largest absolute Gasteiger partial charge is 0.449 e. The van der Waals surface area contributed by atoms with E-state index in [1.165, 1.54) is 10.1 Å². The summed E-state index contributed by atoms with van der Waals surface area (Å²) in [6.07, 6.45) is 2.61. The van der Waals surface area contributed by atoms with Crippen LogP contribution in [0.1, 0.15) is 6.42 Å². The molecule has 6 heteroatoms. The molecule has 0 radical (unpaired) electrons. The Morgan fingerprint density at radius 1 is 1.35 bits per heavy atom. The summed E-state index contributed by atoms with van der Waals surface area (Å²) >= 11 is 1.74. The number of cyclic esters (lactones) is 1. The Morgan fingerprint density at radius 2 is 2.30 bits per heavy atom. The molecule has 1 atom stereocenters. The van der Waals surface area contributed by atoms with Gasteiger partial charge in [-0.3, -0.25) is 0 Å². The first-order valence-corrected chi connectivity index (χ1v) is 7.71. The van der Waals surface area contributed by atoms with Crippen molar-refractivity contribution in [2.24, 2.45) is 0 Å². The predicted molar refractivity (Wildman–Crippen MR) is 78.3 cm³/mol. The number of aromatic nitrogens is 1. The summed E-state index contributed by atoms with van der Waals surface area (Å²) in [5.74, 6) is 1.04. The van der Waals surface area contributed by atoms with Gasteiger partial charge < -0.3 is 14.5 Å². The number of pyridine rings is 1. The number of carbonyl (C=O) groups is 1. The van der Waals surface area contributed by atoms with Gasteiger partial charge in [-0.1, -0.05) is 0 Å². The first-order valence-electron chi connectivity index (χ1n) is 6.83. The SMILES string of the molecule is O=C1OCCC2CN(c3nccc4sccc34)CCN12. The van der Waals surface area contributed by atoms with Crippen LogP contribution in [0.4, 0.5) is 10.6 Å². The lowest BCUT2D eigenvalue weighted by atomic mass is 10.1. The molecule has 1 unspecified atom stereocenters. The lowest BCUT2D eigenvalue weighted by molar-refractivity contribution is 0.0398. The summed E-state index contributed by atoms with van der Waals surface area (Å²) in [5.41, 5.74) is 0. The maximum Gasteiger partial charge on any atom is 0.410 e. The molecule has 104 valence electrons. The molecule has 0 aromatic carbocycles. The van der Waals surface area contributed by atoms with Gasteiger partial charge >= 0.3 is 6.09 Å². The molecule has 4 heterocycles. The van der Waals surface area contributed by atoms with Crippen LogP contribution in [0.2, 0.25) is 0 Å². The number of carbonyl (C=O) groups excluding carboxylic acids is 1. The van der Waals surface area contributed by atoms with Gasteiger partial charge in [0.1, 0.15) is 5.82 Å². The molecule has 0 spiro atoms. The van der Waals surface area contributed by atoms with E-state index in [-0.39, 0.29) is 12.1 Å². The highest BCUT2D eigenvalue weighted by atomic mass is 32.1. The first-order chi connectivity index (χ1) is 9.83. The van der Waals surface area contributed by atoms with E-state index >= 15 is 0 Å². The Morgan fingerprint density at radius 3 is 3.25 bits per heavy atom. The van der Waals surface area contributed by atoms with E-state index in [1.807, 2.05) is 11.1 Å². The summed E-state index contributed by atoms with van der Waals surface area (Å²) in [7, 11) is 0. The average molecular weight is 289 g/mol. The van der Waals surface area contributed by atoms with Gasteiger partial charge in [0.05, 0.1) is 12.6 Å². The number of nitrogens with zero attached hydrogens (tertiary/aromatic N) is 3. The monoisotopic (exact) mass is 289 g/mol. The van der Waals surface area contributed by atoms with E-state index < -0.39 is 0 Å². The van der Waals surface area contributed by atoms with Crippen LogP contribution >= 0.6 is 11.3 Å². The van der Waals surface area contributed by atoms with Crippen LogP contribution in [0.25, 0.3) is 10.1 Å². The molecule has 0 aliphatic carbocycles. The number of anilines is 1. The second kappa shape index (κ2) is 4.63. The van der Waals surface area contributed by atoms with Crippen LogP contribution in [-0.4, -0.2) is 48.3 Å². The fourth-order valence-electron chi connectivity index (χ4n) is 3.03. The molecule has 0 N–H and O–H groups in total. The first kappa shape index (κ1) is 12.0. The third kappa shape index (κ3) is 1.83. The van der Waals surface area contributed by atoms with Crippen molar-refractivity contribution in [1.29, 1.82) is 0 Å². The van der Waals surface area contributed by atoms with E-state index in [9.17, 15) is 4.79 Å². The van der Waals surface area contributed by atoms with Crippen LogP contribution < -0.4 is 4.90 Å². The number of hydrogen-bond acceptors (Lipinski definition) is 5. The quantitative estimate of drug-likeness (QED) is 0.808. The maximum atomic E-state index is 11.7. The van der Waals surface area contributed by atoms with Gasteiger partial charge in [0.25, 0.3) is 0 Å². The minimum atomic E-state index is -0.164. The summed E-state index contributed by atoms with van der Waals surface area (Å²) in [6.45, 7) is 2.90. The van der Waals surface area contributed by atoms with Gasteiger partial charge in [0, 0.05) is 42.3 Å². The number of amides is 1. The summed E-state index contributed by atoms with van der Waals surface area (Å²) in [6, 6.07) is 4.43. The van der Waals surface area contributed by atoms with E-state index in [2.05, 4.69) is 27.4 Å². The summed E-state index contributed by atoms with van der Waals surface area (Å²) in [5, 5.41) is 3.31. The van der Waals surface area contributed by atoms with Gasteiger partial charge in [-0.25, -0.2) is 9.78 Å².